The Balaban J connectivity index is 5.53. The second-order valence-electron chi connectivity index (χ2n) is 16.3. The molecule has 0 aliphatic carbocycles. The molecule has 0 unspecified atom stereocenters. The zero-order chi connectivity index (χ0) is 27.6. The van der Waals surface area contributed by atoms with Crippen molar-refractivity contribution < 1.29 is 0 Å². The van der Waals surface area contributed by atoms with Crippen LogP contribution in [0.3, 0.4) is 0 Å². The summed E-state index contributed by atoms with van der Waals surface area (Å²) in [6.07, 6.45) is 0. The van der Waals surface area contributed by atoms with Crippen LogP contribution < -0.4 is 0 Å². The summed E-state index contributed by atoms with van der Waals surface area (Å²) in [5, 5.41) is 0. The average Bonchev–Trinajstić information content (AvgIpc) is 2.48. The number of rotatable bonds is 15. The van der Waals surface area contributed by atoms with Crippen LogP contribution in [0, 0.1) is 0 Å². The van der Waals surface area contributed by atoms with Crippen molar-refractivity contribution in [2.45, 2.75) is 118 Å². The van der Waals surface area contributed by atoms with Gasteiger partial charge in [0.05, 0.1) is 0 Å². The molecule has 0 N–H and O–H groups in total. The summed E-state index contributed by atoms with van der Waals surface area (Å²) >= 11 is 0. The summed E-state index contributed by atoms with van der Waals surface area (Å²) in [7, 11) is -7.95. The number of nitrogens with zero attached hydrogens (tertiary/aromatic N) is 4. The molecular weight excluding hydrogens is 513 g/mol. The lowest BCUT2D eigenvalue weighted by Crippen LogP contribution is -2.63. The van der Waals surface area contributed by atoms with Crippen molar-refractivity contribution in [1.82, 2.24) is 17.6 Å². The lowest BCUT2D eigenvalue weighted by Gasteiger charge is -2.47. The molecule has 0 spiro atoms. The summed E-state index contributed by atoms with van der Waals surface area (Å²) in [5.74, 6) is 0. The van der Waals surface area contributed by atoms with Crippen LogP contribution in [-0.4, -0.2) is 106 Å². The van der Waals surface area contributed by atoms with E-state index in [4.69, 9.17) is 0 Å². The largest absolute Gasteiger partial charge is 0.345 e. The van der Waals surface area contributed by atoms with Crippen LogP contribution in [0.2, 0.25) is 118 Å². The van der Waals surface area contributed by atoms with E-state index in [1.54, 1.807) is 0 Å². The van der Waals surface area contributed by atoms with Gasteiger partial charge in [-0.3, -0.25) is 0 Å². The maximum atomic E-state index is 2.98. The minimum Gasteiger partial charge on any atom is -0.345 e. The molecule has 34 heavy (non-hydrogen) atoms. The van der Waals surface area contributed by atoms with Crippen molar-refractivity contribution in [1.29, 1.82) is 0 Å². The molecule has 0 aliphatic heterocycles. The molecule has 0 aliphatic rings. The highest BCUT2D eigenvalue weighted by Crippen LogP contribution is 2.22. The minimum atomic E-state index is -1.37. The Labute approximate surface area is 223 Å². The molecular formula is C24H66N4Si6. The third-order valence-electron chi connectivity index (χ3n) is 6.96. The van der Waals surface area contributed by atoms with Crippen LogP contribution in [0.1, 0.15) is 0 Å². The normalized spacial score (nSPS) is 15.4. The van der Waals surface area contributed by atoms with Crippen LogP contribution >= 0.6 is 0 Å². The van der Waals surface area contributed by atoms with Crippen molar-refractivity contribution >= 4 is 49.4 Å². The van der Waals surface area contributed by atoms with Gasteiger partial charge in [-0.15, -0.1) is 0 Å². The van der Waals surface area contributed by atoms with E-state index in [2.05, 4.69) is 135 Å². The SMILES string of the molecule is C[Si](C)(C)N(CCN(CCN([Si](C)(C)C)[Si](C)(C)C)[Si](C)(C)C)CCN([Si](C)(C)C)[Si](C)(C)C. The zero-order valence-electron chi connectivity index (χ0n) is 27.0. The van der Waals surface area contributed by atoms with Crippen LogP contribution in [0.5, 0.6) is 0 Å². The Hall–Kier alpha value is 1.14. The average molecular weight is 579 g/mol. The van der Waals surface area contributed by atoms with Gasteiger partial charge in [0.25, 0.3) is 0 Å². The van der Waals surface area contributed by atoms with Crippen molar-refractivity contribution in [2.24, 2.45) is 0 Å². The van der Waals surface area contributed by atoms with Gasteiger partial charge < -0.3 is 17.6 Å². The van der Waals surface area contributed by atoms with E-state index in [-0.39, 0.29) is 0 Å². The minimum absolute atomic E-state index is 1.24. The lowest BCUT2D eigenvalue weighted by atomic mass is 10.5. The predicted octanol–water partition coefficient (Wildman–Crippen LogP) is 7.20. The van der Waals surface area contributed by atoms with Gasteiger partial charge in [0, 0.05) is 26.2 Å². The number of hydrogen-bond acceptors (Lipinski definition) is 4. The molecule has 10 heteroatoms. The van der Waals surface area contributed by atoms with Crippen LogP contribution in [0.4, 0.5) is 0 Å². The molecule has 0 fully saturated rings. The maximum Gasteiger partial charge on any atom is 0.119 e. The van der Waals surface area contributed by atoms with Gasteiger partial charge in [-0.25, -0.2) is 0 Å². The molecule has 0 bridgehead atoms. The van der Waals surface area contributed by atoms with Gasteiger partial charge in [0.2, 0.25) is 0 Å². The van der Waals surface area contributed by atoms with Gasteiger partial charge in [-0.2, -0.15) is 0 Å². The summed E-state index contributed by atoms with van der Waals surface area (Å²) in [6.45, 7) is 53.3. The fraction of sp³-hybridized carbons (Fsp3) is 1.00. The van der Waals surface area contributed by atoms with Crippen LogP contribution in [0.25, 0.3) is 0 Å². The van der Waals surface area contributed by atoms with E-state index in [9.17, 15) is 0 Å². The van der Waals surface area contributed by atoms with E-state index in [1.165, 1.54) is 39.3 Å². The molecule has 0 atom stereocenters. The molecule has 0 rings (SSSR count). The van der Waals surface area contributed by atoms with Gasteiger partial charge in [-0.05, 0) is 13.1 Å². The van der Waals surface area contributed by atoms with Gasteiger partial charge >= 0.3 is 0 Å². The molecule has 4 nitrogen and oxygen atoms in total. The summed E-state index contributed by atoms with van der Waals surface area (Å²) < 4.78 is 11.8. The van der Waals surface area contributed by atoms with Crippen molar-refractivity contribution in [2.75, 3.05) is 39.3 Å². The Morgan fingerprint density at radius 1 is 0.265 bits per heavy atom. The molecule has 206 valence electrons. The molecule has 0 radical (unpaired) electrons. The van der Waals surface area contributed by atoms with E-state index in [0.717, 1.165) is 0 Å². The Kier molecular flexibility index (Phi) is 12.7. The molecule has 0 aromatic rings. The van der Waals surface area contributed by atoms with E-state index in [0.29, 0.717) is 0 Å². The summed E-state index contributed by atoms with van der Waals surface area (Å²) in [5.41, 5.74) is 0. The monoisotopic (exact) mass is 578 g/mol. The second-order valence-corrected chi connectivity index (χ2v) is 46.7. The summed E-state index contributed by atoms with van der Waals surface area (Å²) in [4.78, 5) is 0. The standard InChI is InChI=1S/C24H66N4Si6/c1-29(2,3)25(21-23-27(31(7,8)9)32(10,11)12)19-20-26(30(4,5)6)22-24-28(33(13,14)15)34(16,17)18/h19-24H2,1-18H3. The Bertz CT molecular complexity index is 522. The second kappa shape index (κ2) is 12.3. The van der Waals surface area contributed by atoms with E-state index < -0.39 is 49.4 Å². The Morgan fingerprint density at radius 3 is 0.588 bits per heavy atom. The first kappa shape index (κ1) is 35.1. The highest BCUT2D eigenvalue weighted by Gasteiger charge is 2.37. The molecule has 0 aromatic heterocycles. The lowest BCUT2D eigenvalue weighted by molar-refractivity contribution is 0.326. The first-order valence-corrected chi connectivity index (χ1v) is 34.4. The van der Waals surface area contributed by atoms with Gasteiger partial charge in [-0.1, -0.05) is 118 Å². The molecule has 0 amide bonds. The number of hydrogen-bond donors (Lipinski definition) is 0. The van der Waals surface area contributed by atoms with Gasteiger partial charge in [0.15, 0.2) is 0 Å². The molecule has 0 saturated heterocycles. The smallest absolute Gasteiger partial charge is 0.119 e. The third-order valence-corrected chi connectivity index (χ3v) is 27.1. The molecule has 0 saturated carbocycles. The van der Waals surface area contributed by atoms with Crippen molar-refractivity contribution in [3.8, 4) is 0 Å². The quantitative estimate of drug-likeness (QED) is 0.190. The predicted molar refractivity (Wildman–Crippen MR) is 177 cm³/mol. The highest BCUT2D eigenvalue weighted by molar-refractivity contribution is 6.90. The Morgan fingerprint density at radius 2 is 0.441 bits per heavy atom. The topological polar surface area (TPSA) is 13.0 Å². The fourth-order valence-corrected chi connectivity index (χ4v) is 27.9. The van der Waals surface area contributed by atoms with Crippen LogP contribution in [0.15, 0.2) is 0 Å². The first-order chi connectivity index (χ1) is 14.7. The highest BCUT2D eigenvalue weighted by atomic mass is 28.4. The van der Waals surface area contributed by atoms with E-state index >= 15 is 0 Å². The molecule has 0 heterocycles. The fourth-order valence-electron chi connectivity index (χ4n) is 5.60. The van der Waals surface area contributed by atoms with Crippen LogP contribution in [-0.2, 0) is 0 Å². The third kappa shape index (κ3) is 12.6. The van der Waals surface area contributed by atoms with Crippen molar-refractivity contribution in [3.05, 3.63) is 0 Å². The first-order valence-electron chi connectivity index (χ1n) is 13.7. The van der Waals surface area contributed by atoms with Crippen molar-refractivity contribution in [3.63, 3.8) is 0 Å². The van der Waals surface area contributed by atoms with Gasteiger partial charge in [0.1, 0.15) is 49.4 Å². The summed E-state index contributed by atoms with van der Waals surface area (Å²) in [6, 6.07) is 0. The zero-order valence-corrected chi connectivity index (χ0v) is 33.0. The van der Waals surface area contributed by atoms with E-state index in [1.807, 2.05) is 0 Å². The molecule has 0 aromatic carbocycles. The maximum absolute atomic E-state index is 2.98.